The zero-order valence-electron chi connectivity index (χ0n) is 12.6. The molecule has 0 spiro atoms. The first-order valence-electron chi connectivity index (χ1n) is 7.30. The van der Waals surface area contributed by atoms with Gasteiger partial charge < -0.3 is 4.74 Å². The Hall–Kier alpha value is -3.08. The van der Waals surface area contributed by atoms with Crippen molar-refractivity contribution in [3.8, 4) is 22.8 Å². The van der Waals surface area contributed by atoms with Gasteiger partial charge in [-0.2, -0.15) is 0 Å². The minimum atomic E-state index is -0.334. The van der Waals surface area contributed by atoms with Crippen LogP contribution < -0.4 is 0 Å². The van der Waals surface area contributed by atoms with E-state index in [2.05, 4.69) is 15.0 Å². The van der Waals surface area contributed by atoms with Crippen LogP contribution in [0, 0.1) is 0 Å². The molecule has 0 aliphatic carbocycles. The van der Waals surface area contributed by atoms with Gasteiger partial charge >= 0.3 is 5.97 Å². The predicted molar refractivity (Wildman–Crippen MR) is 86.7 cm³/mol. The fourth-order valence-electron chi connectivity index (χ4n) is 2.13. The van der Waals surface area contributed by atoms with Crippen molar-refractivity contribution < 1.29 is 9.53 Å². The van der Waals surface area contributed by atoms with Crippen LogP contribution in [0.5, 0.6) is 0 Å². The summed E-state index contributed by atoms with van der Waals surface area (Å²) in [6.45, 7) is 2.14. The lowest BCUT2D eigenvalue weighted by atomic mass is 10.1. The Balaban J connectivity index is 1.89. The summed E-state index contributed by atoms with van der Waals surface area (Å²) in [4.78, 5) is 24.6. The maximum absolute atomic E-state index is 11.7. The van der Waals surface area contributed by atoms with Gasteiger partial charge in [0.25, 0.3) is 0 Å². The van der Waals surface area contributed by atoms with Crippen LogP contribution in [-0.4, -0.2) is 27.5 Å². The lowest BCUT2D eigenvalue weighted by Crippen LogP contribution is -2.04. The second-order valence-corrected chi connectivity index (χ2v) is 4.80. The minimum Gasteiger partial charge on any atom is -0.462 e. The van der Waals surface area contributed by atoms with Crippen molar-refractivity contribution in [1.29, 1.82) is 0 Å². The number of carbonyl (C=O) groups excluding carboxylic acids is 1. The molecule has 0 saturated heterocycles. The van der Waals surface area contributed by atoms with Gasteiger partial charge in [0.1, 0.15) is 6.33 Å². The molecular formula is C18H15N3O2. The fraction of sp³-hybridized carbons (Fsp3) is 0.111. The molecule has 114 valence electrons. The minimum absolute atomic E-state index is 0.334. The van der Waals surface area contributed by atoms with Gasteiger partial charge in [-0.25, -0.2) is 19.7 Å². The molecule has 0 N–H and O–H groups in total. The van der Waals surface area contributed by atoms with Crippen LogP contribution in [0.1, 0.15) is 17.3 Å². The molecule has 0 atom stereocenters. The van der Waals surface area contributed by atoms with Crippen LogP contribution in [0.25, 0.3) is 22.8 Å². The van der Waals surface area contributed by atoms with Crippen LogP contribution in [0.15, 0.2) is 60.9 Å². The second kappa shape index (κ2) is 6.79. The number of aromatic nitrogens is 3. The zero-order valence-corrected chi connectivity index (χ0v) is 12.6. The number of ether oxygens (including phenoxy) is 1. The van der Waals surface area contributed by atoms with Crippen molar-refractivity contribution in [2.45, 2.75) is 6.92 Å². The third-order valence-corrected chi connectivity index (χ3v) is 3.26. The van der Waals surface area contributed by atoms with E-state index in [0.717, 1.165) is 11.1 Å². The Morgan fingerprint density at radius 2 is 1.52 bits per heavy atom. The van der Waals surface area contributed by atoms with E-state index in [1.807, 2.05) is 30.3 Å². The molecule has 0 aliphatic heterocycles. The van der Waals surface area contributed by atoms with E-state index in [9.17, 15) is 4.79 Å². The average Bonchev–Trinajstić information content (AvgIpc) is 2.63. The quantitative estimate of drug-likeness (QED) is 0.691. The molecule has 0 fully saturated rings. The number of benzene rings is 2. The molecule has 23 heavy (non-hydrogen) atoms. The van der Waals surface area contributed by atoms with E-state index in [4.69, 9.17) is 4.74 Å². The fourth-order valence-corrected chi connectivity index (χ4v) is 2.13. The molecule has 0 unspecified atom stereocenters. The van der Waals surface area contributed by atoms with Gasteiger partial charge in [-0.3, -0.25) is 0 Å². The molecule has 0 radical (unpaired) electrons. The van der Waals surface area contributed by atoms with E-state index < -0.39 is 0 Å². The van der Waals surface area contributed by atoms with Gasteiger partial charge in [0.2, 0.25) is 0 Å². The third-order valence-electron chi connectivity index (χ3n) is 3.26. The van der Waals surface area contributed by atoms with Crippen LogP contribution >= 0.6 is 0 Å². The van der Waals surface area contributed by atoms with E-state index >= 15 is 0 Å². The molecule has 5 nitrogen and oxygen atoms in total. The average molecular weight is 305 g/mol. The summed E-state index contributed by atoms with van der Waals surface area (Å²) >= 11 is 0. The van der Waals surface area contributed by atoms with E-state index in [0.29, 0.717) is 23.8 Å². The molecule has 3 aromatic rings. The first-order valence-corrected chi connectivity index (χ1v) is 7.30. The summed E-state index contributed by atoms with van der Waals surface area (Å²) in [5, 5.41) is 0. The number of rotatable bonds is 4. The predicted octanol–water partition coefficient (Wildman–Crippen LogP) is 3.38. The van der Waals surface area contributed by atoms with E-state index in [1.54, 1.807) is 31.2 Å². The topological polar surface area (TPSA) is 65.0 Å². The highest BCUT2D eigenvalue weighted by Gasteiger charge is 2.09. The molecule has 1 heterocycles. The molecule has 0 bridgehead atoms. The molecule has 2 aromatic carbocycles. The number of esters is 1. The lowest BCUT2D eigenvalue weighted by Gasteiger charge is -2.05. The van der Waals surface area contributed by atoms with Gasteiger partial charge in [0, 0.05) is 11.1 Å². The summed E-state index contributed by atoms with van der Waals surface area (Å²) < 4.78 is 4.97. The van der Waals surface area contributed by atoms with Gasteiger partial charge in [-0.15, -0.1) is 0 Å². The highest BCUT2D eigenvalue weighted by molar-refractivity contribution is 5.89. The summed E-state index contributed by atoms with van der Waals surface area (Å²) in [6, 6.07) is 16.7. The number of carbonyl (C=O) groups is 1. The number of hydrogen-bond acceptors (Lipinski definition) is 5. The maximum atomic E-state index is 11.7. The summed E-state index contributed by atoms with van der Waals surface area (Å²) in [7, 11) is 0. The molecule has 0 saturated carbocycles. The normalized spacial score (nSPS) is 10.3. The Kier molecular flexibility index (Phi) is 4.38. The SMILES string of the molecule is CCOC(=O)c1ccc(-c2ncnc(-c3ccccc3)n2)cc1. The molecule has 3 rings (SSSR count). The maximum Gasteiger partial charge on any atom is 0.338 e. The van der Waals surface area contributed by atoms with Gasteiger partial charge in [-0.05, 0) is 19.1 Å². The Bertz CT molecular complexity index is 802. The van der Waals surface area contributed by atoms with Crippen LogP contribution in [0.4, 0.5) is 0 Å². The largest absolute Gasteiger partial charge is 0.462 e. The van der Waals surface area contributed by atoms with Crippen molar-refractivity contribution in [2.24, 2.45) is 0 Å². The van der Waals surface area contributed by atoms with Crippen molar-refractivity contribution in [2.75, 3.05) is 6.61 Å². The van der Waals surface area contributed by atoms with Gasteiger partial charge in [0.15, 0.2) is 11.6 Å². The van der Waals surface area contributed by atoms with Crippen molar-refractivity contribution >= 4 is 5.97 Å². The van der Waals surface area contributed by atoms with E-state index in [1.165, 1.54) is 6.33 Å². The Labute approximate surface area is 134 Å². The zero-order chi connectivity index (χ0) is 16.1. The summed E-state index contributed by atoms with van der Waals surface area (Å²) in [6.07, 6.45) is 1.49. The molecule has 0 aliphatic rings. The van der Waals surface area contributed by atoms with Gasteiger partial charge in [0.05, 0.1) is 12.2 Å². The highest BCUT2D eigenvalue weighted by atomic mass is 16.5. The van der Waals surface area contributed by atoms with Crippen LogP contribution in [0.2, 0.25) is 0 Å². The summed E-state index contributed by atoms with van der Waals surface area (Å²) in [5.74, 6) is 0.846. The first kappa shape index (κ1) is 14.8. The highest BCUT2D eigenvalue weighted by Crippen LogP contribution is 2.19. The van der Waals surface area contributed by atoms with Crippen molar-refractivity contribution in [1.82, 2.24) is 15.0 Å². The molecule has 5 heteroatoms. The Morgan fingerprint density at radius 1 is 0.913 bits per heavy atom. The molecule has 1 aromatic heterocycles. The second-order valence-electron chi connectivity index (χ2n) is 4.80. The first-order chi connectivity index (χ1) is 11.3. The van der Waals surface area contributed by atoms with E-state index in [-0.39, 0.29) is 5.97 Å². The Morgan fingerprint density at radius 3 is 2.13 bits per heavy atom. The van der Waals surface area contributed by atoms with Crippen molar-refractivity contribution in [3.63, 3.8) is 0 Å². The van der Waals surface area contributed by atoms with Crippen LogP contribution in [-0.2, 0) is 4.74 Å². The summed E-state index contributed by atoms with van der Waals surface area (Å²) in [5.41, 5.74) is 2.25. The number of hydrogen-bond donors (Lipinski definition) is 0. The lowest BCUT2D eigenvalue weighted by molar-refractivity contribution is 0.0526. The standard InChI is InChI=1S/C18H15N3O2/c1-2-23-18(22)15-10-8-14(9-11-15)17-20-12-19-16(21-17)13-6-4-3-5-7-13/h3-12H,2H2,1H3. The third kappa shape index (κ3) is 3.40. The van der Waals surface area contributed by atoms with Gasteiger partial charge in [-0.1, -0.05) is 42.5 Å². The monoisotopic (exact) mass is 305 g/mol. The number of nitrogens with zero attached hydrogens (tertiary/aromatic N) is 3. The molecule has 0 amide bonds. The van der Waals surface area contributed by atoms with Crippen molar-refractivity contribution in [3.05, 3.63) is 66.5 Å². The van der Waals surface area contributed by atoms with Crippen LogP contribution in [0.3, 0.4) is 0 Å². The smallest absolute Gasteiger partial charge is 0.338 e. The molecular weight excluding hydrogens is 290 g/mol.